The summed E-state index contributed by atoms with van der Waals surface area (Å²) in [6.45, 7) is 4.65. The molecule has 0 fully saturated rings. The molecule has 364 valence electrons. The number of nitrogens with one attached hydrogen (secondary N) is 1. The predicted octanol–water partition coefficient (Wildman–Crippen LogP) is 14.9. The molecule has 3 atom stereocenters. The molecule has 0 aromatic heterocycles. The van der Waals surface area contributed by atoms with Gasteiger partial charge in [0.1, 0.15) is 13.2 Å². The van der Waals surface area contributed by atoms with Crippen LogP contribution in [0, 0.1) is 0 Å². The SMILES string of the molecule is CC/C=C\C/C=C\C/C=C\C/C=C\CCCCCCCCC(=O)NC(COP(=O)(O)OCC[N+](C)(C)C)C(O)/C=C/CC/C=C/CC/C=C/CCCCCCCCCCCCCC. The van der Waals surface area contributed by atoms with Crippen molar-refractivity contribution in [2.75, 3.05) is 40.9 Å². The number of hydrogen-bond acceptors (Lipinski definition) is 5. The van der Waals surface area contributed by atoms with Gasteiger partial charge in [0, 0.05) is 6.42 Å². The number of carbonyl (C=O) groups excluding carboxylic acids is 1. The number of amides is 1. The highest BCUT2D eigenvalue weighted by Gasteiger charge is 2.27. The Labute approximate surface area is 388 Å². The molecule has 8 nitrogen and oxygen atoms in total. The molecule has 0 spiro atoms. The molecular formula is C54H98N2O6P+. The Morgan fingerprint density at radius 3 is 1.46 bits per heavy atom. The third-order valence-corrected chi connectivity index (χ3v) is 11.8. The first kappa shape index (κ1) is 60.7. The minimum Gasteiger partial charge on any atom is -0.387 e. The molecule has 1 amide bonds. The number of nitrogens with zero attached hydrogens (tertiary/aromatic N) is 1. The number of phosphoric ester groups is 1. The lowest BCUT2D eigenvalue weighted by Gasteiger charge is -2.25. The molecule has 0 heterocycles. The lowest BCUT2D eigenvalue weighted by atomic mass is 10.0. The van der Waals surface area contributed by atoms with E-state index in [-0.39, 0.29) is 19.1 Å². The van der Waals surface area contributed by atoms with Crippen LogP contribution in [0.3, 0.4) is 0 Å². The standard InChI is InChI=1S/C54H97N2O6P/c1-6-8-10-12-14-16-18-20-22-24-26-27-28-30-31-33-35-37-39-41-43-45-47-53(57)52(51-62-63(59,60)61-50-49-56(3,4)5)55-54(58)48-46-44-42-40-38-36-34-32-29-25-23-21-19-17-15-13-11-9-7-2/h9,11,15,17,21,23,29-32,37,39,45,47,52-53,57H,6-8,10,12-14,16,18-20,22,24-28,33-36,38,40-44,46,48-51H2,1-5H3,(H-,55,58,59,60)/p+1/b11-9-,17-15-,23-21-,31-30+,32-29-,39-37+,47-45+. The van der Waals surface area contributed by atoms with Crippen molar-refractivity contribution in [1.29, 1.82) is 0 Å². The van der Waals surface area contributed by atoms with E-state index in [0.29, 0.717) is 17.4 Å². The molecule has 0 bridgehead atoms. The van der Waals surface area contributed by atoms with Crippen LogP contribution in [-0.2, 0) is 18.4 Å². The van der Waals surface area contributed by atoms with Crippen molar-refractivity contribution >= 4 is 13.7 Å². The van der Waals surface area contributed by atoms with E-state index in [9.17, 15) is 19.4 Å². The Morgan fingerprint density at radius 1 is 0.556 bits per heavy atom. The van der Waals surface area contributed by atoms with E-state index in [0.717, 1.165) is 83.5 Å². The second-order valence-electron chi connectivity index (χ2n) is 18.1. The van der Waals surface area contributed by atoms with Crippen molar-refractivity contribution in [1.82, 2.24) is 5.32 Å². The van der Waals surface area contributed by atoms with E-state index in [1.165, 1.54) is 96.3 Å². The quantitative estimate of drug-likeness (QED) is 0.0243. The monoisotopic (exact) mass is 902 g/mol. The summed E-state index contributed by atoms with van der Waals surface area (Å²) in [5.74, 6) is -0.208. The number of phosphoric acid groups is 1. The Bertz CT molecular complexity index is 1300. The fourth-order valence-corrected chi connectivity index (χ4v) is 7.56. The van der Waals surface area contributed by atoms with Gasteiger partial charge in [-0.3, -0.25) is 13.8 Å². The Hall–Kier alpha value is -2.32. The maximum Gasteiger partial charge on any atom is 0.472 e. The van der Waals surface area contributed by atoms with E-state index in [1.807, 2.05) is 27.2 Å². The van der Waals surface area contributed by atoms with Crippen LogP contribution in [0.2, 0.25) is 0 Å². The van der Waals surface area contributed by atoms with Gasteiger partial charge < -0.3 is 19.8 Å². The summed E-state index contributed by atoms with van der Waals surface area (Å²) in [6, 6.07) is -0.883. The van der Waals surface area contributed by atoms with E-state index >= 15 is 0 Å². The molecule has 0 saturated carbocycles. The Balaban J connectivity index is 4.44. The van der Waals surface area contributed by atoms with E-state index in [1.54, 1.807) is 6.08 Å². The fourth-order valence-electron chi connectivity index (χ4n) is 6.83. The predicted molar refractivity (Wildman–Crippen MR) is 272 cm³/mol. The average molecular weight is 902 g/mol. The van der Waals surface area contributed by atoms with Gasteiger partial charge in [-0.1, -0.05) is 195 Å². The molecule has 0 rings (SSSR count). The molecule has 0 aliphatic rings. The van der Waals surface area contributed by atoms with Crippen molar-refractivity contribution in [2.45, 2.75) is 212 Å². The summed E-state index contributed by atoms with van der Waals surface area (Å²) in [7, 11) is 1.52. The van der Waals surface area contributed by atoms with Crippen molar-refractivity contribution in [3.8, 4) is 0 Å². The van der Waals surface area contributed by atoms with Crippen LogP contribution in [0.5, 0.6) is 0 Å². The number of hydrogen-bond donors (Lipinski definition) is 3. The van der Waals surface area contributed by atoms with Crippen LogP contribution in [-0.4, -0.2) is 73.4 Å². The molecule has 0 radical (unpaired) electrons. The molecule has 0 aromatic carbocycles. The van der Waals surface area contributed by atoms with Crippen LogP contribution in [0.1, 0.15) is 200 Å². The zero-order chi connectivity index (χ0) is 46.4. The number of carbonyl (C=O) groups is 1. The number of aliphatic hydroxyl groups is 1. The number of allylic oxidation sites excluding steroid dienone is 13. The summed E-state index contributed by atoms with van der Waals surface area (Å²) < 4.78 is 23.6. The number of aliphatic hydroxyl groups excluding tert-OH is 1. The van der Waals surface area contributed by atoms with Gasteiger partial charge in [-0.25, -0.2) is 4.57 Å². The summed E-state index contributed by atoms with van der Waals surface area (Å²) in [6.07, 6.45) is 62.4. The maximum absolute atomic E-state index is 12.9. The van der Waals surface area contributed by atoms with Crippen molar-refractivity contribution < 1.29 is 32.9 Å². The van der Waals surface area contributed by atoms with Gasteiger partial charge in [0.05, 0.1) is 39.9 Å². The van der Waals surface area contributed by atoms with Gasteiger partial charge in [-0.15, -0.1) is 0 Å². The van der Waals surface area contributed by atoms with Gasteiger partial charge in [-0.05, 0) is 83.5 Å². The molecule has 0 saturated heterocycles. The number of likely N-dealkylation sites (N-methyl/N-ethyl adjacent to an activating group) is 1. The van der Waals surface area contributed by atoms with Crippen molar-refractivity contribution in [2.24, 2.45) is 0 Å². The van der Waals surface area contributed by atoms with Gasteiger partial charge in [0.2, 0.25) is 5.91 Å². The zero-order valence-electron chi connectivity index (χ0n) is 41.3. The highest BCUT2D eigenvalue weighted by atomic mass is 31.2. The first-order valence-corrected chi connectivity index (χ1v) is 27.0. The highest BCUT2D eigenvalue weighted by Crippen LogP contribution is 2.43. The summed E-state index contributed by atoms with van der Waals surface area (Å²) in [5, 5.41) is 13.9. The average Bonchev–Trinajstić information content (AvgIpc) is 3.24. The normalized spacial score (nSPS) is 14.8. The highest BCUT2D eigenvalue weighted by molar-refractivity contribution is 7.47. The number of quaternary nitrogens is 1. The second kappa shape index (κ2) is 44.9. The minimum absolute atomic E-state index is 0.0461. The van der Waals surface area contributed by atoms with Gasteiger partial charge in [0.25, 0.3) is 0 Å². The minimum atomic E-state index is -4.36. The van der Waals surface area contributed by atoms with Crippen molar-refractivity contribution in [3.05, 3.63) is 85.1 Å². The van der Waals surface area contributed by atoms with E-state index in [4.69, 9.17) is 9.05 Å². The molecule has 9 heteroatoms. The molecule has 0 aromatic rings. The maximum atomic E-state index is 12.9. The van der Waals surface area contributed by atoms with E-state index in [2.05, 4.69) is 92.1 Å². The first-order chi connectivity index (χ1) is 30.5. The topological polar surface area (TPSA) is 105 Å². The third-order valence-electron chi connectivity index (χ3n) is 10.8. The lowest BCUT2D eigenvalue weighted by molar-refractivity contribution is -0.870. The Morgan fingerprint density at radius 2 is 0.968 bits per heavy atom. The molecule has 63 heavy (non-hydrogen) atoms. The van der Waals surface area contributed by atoms with Crippen molar-refractivity contribution in [3.63, 3.8) is 0 Å². The van der Waals surface area contributed by atoms with Crippen LogP contribution in [0.25, 0.3) is 0 Å². The molecule has 3 unspecified atom stereocenters. The molecule has 3 N–H and O–H groups in total. The van der Waals surface area contributed by atoms with Gasteiger partial charge in [0.15, 0.2) is 0 Å². The van der Waals surface area contributed by atoms with Crippen LogP contribution in [0.15, 0.2) is 85.1 Å². The van der Waals surface area contributed by atoms with Gasteiger partial charge in [-0.2, -0.15) is 0 Å². The largest absolute Gasteiger partial charge is 0.472 e. The lowest BCUT2D eigenvalue weighted by Crippen LogP contribution is -2.45. The molecular weight excluding hydrogens is 804 g/mol. The summed E-state index contributed by atoms with van der Waals surface area (Å²) >= 11 is 0. The zero-order valence-corrected chi connectivity index (χ0v) is 42.2. The second-order valence-corrected chi connectivity index (χ2v) is 19.6. The van der Waals surface area contributed by atoms with E-state index < -0.39 is 20.0 Å². The molecule has 0 aliphatic carbocycles. The van der Waals surface area contributed by atoms with Crippen LogP contribution >= 0.6 is 7.82 Å². The Kier molecular flexibility index (Phi) is 43.2. The first-order valence-electron chi connectivity index (χ1n) is 25.5. The van der Waals surface area contributed by atoms with Crippen LogP contribution in [0.4, 0.5) is 0 Å². The number of rotatable bonds is 45. The van der Waals surface area contributed by atoms with Gasteiger partial charge >= 0.3 is 7.82 Å². The smallest absolute Gasteiger partial charge is 0.387 e. The summed E-state index contributed by atoms with van der Waals surface area (Å²) in [5.41, 5.74) is 0. The number of unbranched alkanes of at least 4 members (excludes halogenated alkanes) is 20. The third kappa shape index (κ3) is 47.5. The molecule has 0 aliphatic heterocycles. The fraction of sp³-hybridized carbons (Fsp3) is 0.722. The van der Waals surface area contributed by atoms with Crippen LogP contribution < -0.4 is 5.32 Å². The summed E-state index contributed by atoms with van der Waals surface area (Å²) in [4.78, 5) is 23.2.